The molecule has 2 aliphatic rings. The molecule has 0 saturated carbocycles. The SMILES string of the molecule is CC(N1CCCC1)N1C(=O)NC(c2ccccc2)(c2ccccc2)C1=O. The number of benzene rings is 2. The Kier molecular flexibility index (Phi) is 4.24. The van der Waals surface area contributed by atoms with Gasteiger partial charge in [0.15, 0.2) is 5.54 Å². The topological polar surface area (TPSA) is 52.6 Å². The van der Waals surface area contributed by atoms with Crippen LogP contribution in [0.15, 0.2) is 60.7 Å². The molecule has 2 saturated heterocycles. The van der Waals surface area contributed by atoms with Crippen LogP contribution in [0.4, 0.5) is 4.79 Å². The molecular formula is C21H23N3O2. The highest BCUT2D eigenvalue weighted by atomic mass is 16.2. The number of imide groups is 1. The zero-order chi connectivity index (χ0) is 18.1. The van der Waals surface area contributed by atoms with Gasteiger partial charge >= 0.3 is 6.03 Å². The quantitative estimate of drug-likeness (QED) is 0.864. The van der Waals surface area contributed by atoms with E-state index in [9.17, 15) is 9.59 Å². The lowest BCUT2D eigenvalue weighted by Crippen LogP contribution is -2.50. The zero-order valence-electron chi connectivity index (χ0n) is 14.9. The van der Waals surface area contributed by atoms with Gasteiger partial charge in [-0.05, 0) is 30.9 Å². The molecule has 2 fully saturated rings. The third kappa shape index (κ3) is 2.51. The number of carbonyl (C=O) groups is 2. The van der Waals surface area contributed by atoms with Gasteiger partial charge in [0.2, 0.25) is 0 Å². The maximum atomic E-state index is 13.7. The van der Waals surface area contributed by atoms with E-state index >= 15 is 0 Å². The molecule has 0 aliphatic carbocycles. The summed E-state index contributed by atoms with van der Waals surface area (Å²) < 4.78 is 0. The Morgan fingerprint density at radius 1 is 0.885 bits per heavy atom. The van der Waals surface area contributed by atoms with E-state index in [4.69, 9.17) is 0 Å². The third-order valence-corrected chi connectivity index (χ3v) is 5.51. The molecule has 5 heteroatoms. The number of amides is 3. The Hall–Kier alpha value is -2.66. The first-order valence-corrected chi connectivity index (χ1v) is 9.15. The van der Waals surface area contributed by atoms with Crippen molar-refractivity contribution >= 4 is 11.9 Å². The fourth-order valence-electron chi connectivity index (χ4n) is 4.10. The maximum absolute atomic E-state index is 13.7. The molecule has 0 spiro atoms. The summed E-state index contributed by atoms with van der Waals surface area (Å²) >= 11 is 0. The van der Waals surface area contributed by atoms with E-state index in [2.05, 4.69) is 10.2 Å². The first kappa shape index (κ1) is 16.8. The van der Waals surface area contributed by atoms with Gasteiger partial charge in [0.05, 0.1) is 6.17 Å². The molecule has 2 aromatic carbocycles. The van der Waals surface area contributed by atoms with Gasteiger partial charge in [-0.2, -0.15) is 0 Å². The second-order valence-electron chi connectivity index (χ2n) is 6.96. The van der Waals surface area contributed by atoms with Crippen LogP contribution in [-0.2, 0) is 10.3 Å². The molecule has 2 heterocycles. The van der Waals surface area contributed by atoms with Crippen molar-refractivity contribution in [3.8, 4) is 0 Å². The average Bonchev–Trinajstić information content (AvgIpc) is 3.30. The first-order chi connectivity index (χ1) is 12.6. The van der Waals surface area contributed by atoms with Crippen LogP contribution in [0.2, 0.25) is 0 Å². The average molecular weight is 349 g/mol. The zero-order valence-corrected chi connectivity index (χ0v) is 14.9. The fraction of sp³-hybridized carbons (Fsp3) is 0.333. The fourth-order valence-corrected chi connectivity index (χ4v) is 4.10. The minimum absolute atomic E-state index is 0.209. The molecule has 1 N–H and O–H groups in total. The van der Waals surface area contributed by atoms with Gasteiger partial charge in [0.25, 0.3) is 5.91 Å². The maximum Gasteiger partial charge on any atom is 0.326 e. The van der Waals surface area contributed by atoms with Gasteiger partial charge in [-0.15, -0.1) is 0 Å². The molecule has 1 atom stereocenters. The second kappa shape index (κ2) is 6.57. The van der Waals surface area contributed by atoms with Gasteiger partial charge in [-0.1, -0.05) is 60.7 Å². The molecule has 1 unspecified atom stereocenters. The Labute approximate surface area is 153 Å². The van der Waals surface area contributed by atoms with Crippen molar-refractivity contribution in [2.24, 2.45) is 0 Å². The lowest BCUT2D eigenvalue weighted by atomic mass is 9.82. The minimum atomic E-state index is -1.17. The summed E-state index contributed by atoms with van der Waals surface area (Å²) in [6, 6.07) is 18.7. The number of hydrogen-bond acceptors (Lipinski definition) is 3. The molecule has 4 rings (SSSR count). The van der Waals surface area contributed by atoms with E-state index in [1.807, 2.05) is 67.6 Å². The van der Waals surface area contributed by atoms with Crippen LogP contribution in [0.3, 0.4) is 0 Å². The van der Waals surface area contributed by atoms with Crippen LogP contribution in [0.1, 0.15) is 30.9 Å². The predicted molar refractivity (Wildman–Crippen MR) is 99.3 cm³/mol. The van der Waals surface area contributed by atoms with Crippen LogP contribution in [0.25, 0.3) is 0 Å². The molecule has 0 radical (unpaired) electrons. The molecule has 0 bridgehead atoms. The van der Waals surface area contributed by atoms with Gasteiger partial charge in [0, 0.05) is 13.1 Å². The largest absolute Gasteiger partial charge is 0.326 e. The summed E-state index contributed by atoms with van der Waals surface area (Å²) in [5, 5.41) is 3.01. The van der Waals surface area contributed by atoms with Crippen molar-refractivity contribution in [1.29, 1.82) is 0 Å². The van der Waals surface area contributed by atoms with E-state index in [1.54, 1.807) is 0 Å². The number of urea groups is 1. The number of carbonyl (C=O) groups excluding carboxylic acids is 2. The van der Waals surface area contributed by atoms with Crippen molar-refractivity contribution in [3.63, 3.8) is 0 Å². The predicted octanol–water partition coefficient (Wildman–Crippen LogP) is 2.92. The van der Waals surface area contributed by atoms with Gasteiger partial charge in [-0.25, -0.2) is 9.69 Å². The number of nitrogens with zero attached hydrogens (tertiary/aromatic N) is 2. The molecule has 3 amide bonds. The van der Waals surface area contributed by atoms with Crippen molar-refractivity contribution in [3.05, 3.63) is 71.8 Å². The highest BCUT2D eigenvalue weighted by Gasteiger charge is 2.55. The number of likely N-dealkylation sites (tertiary alicyclic amines) is 1. The van der Waals surface area contributed by atoms with Crippen LogP contribution >= 0.6 is 0 Å². The summed E-state index contributed by atoms with van der Waals surface area (Å²) in [6.07, 6.45) is 1.96. The molecule has 0 aromatic heterocycles. The molecule has 2 aromatic rings. The molecule has 2 aliphatic heterocycles. The number of nitrogens with one attached hydrogen (secondary N) is 1. The lowest BCUT2D eigenvalue weighted by Gasteiger charge is -2.32. The third-order valence-electron chi connectivity index (χ3n) is 5.51. The molecular weight excluding hydrogens is 326 g/mol. The highest BCUT2D eigenvalue weighted by molar-refractivity contribution is 6.09. The summed E-state index contributed by atoms with van der Waals surface area (Å²) in [7, 11) is 0. The van der Waals surface area contributed by atoms with Crippen molar-refractivity contribution < 1.29 is 9.59 Å². The molecule has 26 heavy (non-hydrogen) atoms. The standard InChI is InChI=1S/C21H23N3O2/c1-16(23-14-8-9-15-23)24-19(25)21(22-20(24)26,17-10-4-2-5-11-17)18-12-6-3-7-13-18/h2-7,10-13,16H,8-9,14-15H2,1H3,(H,22,26). The first-order valence-electron chi connectivity index (χ1n) is 9.15. The van der Waals surface area contributed by atoms with Crippen molar-refractivity contribution in [2.75, 3.05) is 13.1 Å². The van der Waals surface area contributed by atoms with Crippen molar-refractivity contribution in [2.45, 2.75) is 31.5 Å². The second-order valence-corrected chi connectivity index (χ2v) is 6.96. The minimum Gasteiger partial charge on any atom is -0.315 e. The van der Waals surface area contributed by atoms with Crippen LogP contribution in [0, 0.1) is 0 Å². The van der Waals surface area contributed by atoms with Gasteiger partial charge in [-0.3, -0.25) is 9.69 Å². The Balaban J connectivity index is 1.80. The number of rotatable bonds is 4. The Morgan fingerprint density at radius 2 is 1.38 bits per heavy atom. The van der Waals surface area contributed by atoms with E-state index < -0.39 is 5.54 Å². The number of hydrogen-bond donors (Lipinski definition) is 1. The highest BCUT2D eigenvalue weighted by Crippen LogP contribution is 2.37. The lowest BCUT2D eigenvalue weighted by molar-refractivity contribution is -0.134. The smallest absolute Gasteiger partial charge is 0.315 e. The monoisotopic (exact) mass is 349 g/mol. The Morgan fingerprint density at radius 3 is 1.88 bits per heavy atom. The summed E-state index contributed by atoms with van der Waals surface area (Å²) in [5.74, 6) is -0.209. The molecule has 134 valence electrons. The van der Waals surface area contributed by atoms with E-state index in [0.717, 1.165) is 37.1 Å². The Bertz CT molecular complexity index is 761. The van der Waals surface area contributed by atoms with E-state index in [1.165, 1.54) is 4.90 Å². The molecule has 5 nitrogen and oxygen atoms in total. The summed E-state index contributed by atoms with van der Waals surface area (Å²) in [5.41, 5.74) is 0.384. The van der Waals surface area contributed by atoms with Crippen LogP contribution in [0.5, 0.6) is 0 Å². The van der Waals surface area contributed by atoms with Gasteiger partial charge in [0.1, 0.15) is 0 Å². The van der Waals surface area contributed by atoms with Crippen LogP contribution < -0.4 is 5.32 Å². The summed E-state index contributed by atoms with van der Waals surface area (Å²) in [6.45, 7) is 3.78. The van der Waals surface area contributed by atoms with E-state index in [0.29, 0.717) is 0 Å². The van der Waals surface area contributed by atoms with Crippen LogP contribution in [-0.4, -0.2) is 41.0 Å². The van der Waals surface area contributed by atoms with E-state index in [-0.39, 0.29) is 18.1 Å². The van der Waals surface area contributed by atoms with Gasteiger partial charge < -0.3 is 5.32 Å². The normalized spacial score (nSPS) is 21.0. The van der Waals surface area contributed by atoms with Crippen molar-refractivity contribution in [1.82, 2.24) is 15.1 Å². The summed E-state index contributed by atoms with van der Waals surface area (Å²) in [4.78, 5) is 30.2.